The standard InChI is InChI=1S/C19H25FN2O2/c1-3-15(23)8-6-4-5-7-9-19-21-13-17(22-19)16-11-10-14(20)12-18(16)24-2/h10-13H,3-9H2,1-2H3,(H,21,22). The Labute approximate surface area is 142 Å². The first kappa shape index (κ1) is 18.2. The smallest absolute Gasteiger partial charge is 0.132 e. The Bertz CT molecular complexity index is 667. The molecule has 2 rings (SSSR count). The van der Waals surface area contributed by atoms with E-state index in [1.54, 1.807) is 12.3 Å². The number of ketones is 1. The highest BCUT2D eigenvalue weighted by atomic mass is 19.1. The van der Waals surface area contributed by atoms with Gasteiger partial charge in [0.25, 0.3) is 0 Å². The summed E-state index contributed by atoms with van der Waals surface area (Å²) < 4.78 is 18.5. The summed E-state index contributed by atoms with van der Waals surface area (Å²) >= 11 is 0. The molecule has 4 nitrogen and oxygen atoms in total. The molecule has 0 atom stereocenters. The molecule has 0 bridgehead atoms. The lowest BCUT2D eigenvalue weighted by atomic mass is 10.1. The third-order valence-electron chi connectivity index (χ3n) is 4.10. The van der Waals surface area contributed by atoms with Gasteiger partial charge in [-0.05, 0) is 25.0 Å². The van der Waals surface area contributed by atoms with Crippen molar-refractivity contribution in [2.75, 3.05) is 7.11 Å². The third-order valence-corrected chi connectivity index (χ3v) is 4.10. The fourth-order valence-corrected chi connectivity index (χ4v) is 2.66. The molecule has 1 N–H and O–H groups in total. The van der Waals surface area contributed by atoms with E-state index >= 15 is 0 Å². The number of halogens is 1. The lowest BCUT2D eigenvalue weighted by Gasteiger charge is -2.06. The molecule has 130 valence electrons. The van der Waals surface area contributed by atoms with Crippen LogP contribution in [0.25, 0.3) is 11.3 Å². The summed E-state index contributed by atoms with van der Waals surface area (Å²) in [6, 6.07) is 4.47. The summed E-state index contributed by atoms with van der Waals surface area (Å²) in [5, 5.41) is 0. The largest absolute Gasteiger partial charge is 0.496 e. The molecule has 1 aromatic carbocycles. The summed E-state index contributed by atoms with van der Waals surface area (Å²) in [7, 11) is 1.53. The van der Waals surface area contributed by atoms with Crippen LogP contribution in [0.15, 0.2) is 24.4 Å². The third kappa shape index (κ3) is 5.18. The van der Waals surface area contributed by atoms with Gasteiger partial charge in [0.15, 0.2) is 0 Å². The Morgan fingerprint density at radius 3 is 2.79 bits per heavy atom. The van der Waals surface area contributed by atoms with Crippen LogP contribution in [0.3, 0.4) is 0 Å². The van der Waals surface area contributed by atoms with E-state index in [9.17, 15) is 9.18 Å². The van der Waals surface area contributed by atoms with E-state index < -0.39 is 0 Å². The summed E-state index contributed by atoms with van der Waals surface area (Å²) in [5.74, 6) is 1.43. The molecule has 0 radical (unpaired) electrons. The molecule has 0 fully saturated rings. The van der Waals surface area contributed by atoms with E-state index in [0.29, 0.717) is 24.4 Å². The molecular weight excluding hydrogens is 307 g/mol. The molecule has 1 heterocycles. The van der Waals surface area contributed by atoms with E-state index in [1.807, 2.05) is 6.92 Å². The number of methoxy groups -OCH3 is 1. The number of nitrogens with one attached hydrogen (secondary N) is 1. The second kappa shape index (κ2) is 9.21. The van der Waals surface area contributed by atoms with Gasteiger partial charge in [-0.2, -0.15) is 0 Å². The zero-order valence-corrected chi connectivity index (χ0v) is 14.4. The van der Waals surface area contributed by atoms with Crippen LogP contribution in [-0.4, -0.2) is 22.9 Å². The van der Waals surface area contributed by atoms with Gasteiger partial charge < -0.3 is 9.72 Å². The van der Waals surface area contributed by atoms with Crippen LogP contribution in [0.5, 0.6) is 5.75 Å². The maximum atomic E-state index is 13.3. The molecule has 0 amide bonds. The number of Topliss-reactive ketones (excluding diaryl/α,β-unsaturated/α-hetero) is 1. The number of hydrogen-bond acceptors (Lipinski definition) is 3. The maximum absolute atomic E-state index is 13.3. The van der Waals surface area contributed by atoms with Gasteiger partial charge in [0.2, 0.25) is 0 Å². The van der Waals surface area contributed by atoms with Crippen molar-refractivity contribution < 1.29 is 13.9 Å². The predicted molar refractivity (Wildman–Crippen MR) is 92.6 cm³/mol. The van der Waals surface area contributed by atoms with Crippen molar-refractivity contribution >= 4 is 5.78 Å². The summed E-state index contributed by atoms with van der Waals surface area (Å²) in [6.45, 7) is 1.91. The summed E-state index contributed by atoms with van der Waals surface area (Å²) in [4.78, 5) is 18.9. The number of carbonyl (C=O) groups excluding carboxylic acids is 1. The summed E-state index contributed by atoms with van der Waals surface area (Å²) in [5.41, 5.74) is 1.63. The number of imidazole rings is 1. The Morgan fingerprint density at radius 1 is 1.25 bits per heavy atom. The van der Waals surface area contributed by atoms with Crippen molar-refractivity contribution in [1.82, 2.24) is 9.97 Å². The molecular formula is C19H25FN2O2. The van der Waals surface area contributed by atoms with E-state index in [0.717, 1.165) is 49.2 Å². The minimum atomic E-state index is -0.322. The zero-order valence-electron chi connectivity index (χ0n) is 14.4. The minimum Gasteiger partial charge on any atom is -0.496 e. The Morgan fingerprint density at radius 2 is 2.04 bits per heavy atom. The first-order chi connectivity index (χ1) is 11.6. The topological polar surface area (TPSA) is 55.0 Å². The number of aromatic amines is 1. The van der Waals surface area contributed by atoms with Gasteiger partial charge in [0.05, 0.1) is 19.0 Å². The van der Waals surface area contributed by atoms with Gasteiger partial charge in [0, 0.05) is 30.9 Å². The number of unbranched alkanes of at least 4 members (excludes halogenated alkanes) is 3. The average molecular weight is 332 g/mol. The molecule has 5 heteroatoms. The number of aromatic nitrogens is 2. The van der Waals surface area contributed by atoms with E-state index in [-0.39, 0.29) is 5.82 Å². The van der Waals surface area contributed by atoms with Gasteiger partial charge in [-0.1, -0.05) is 19.8 Å². The number of aryl methyl sites for hydroxylation is 1. The van der Waals surface area contributed by atoms with Crippen molar-refractivity contribution in [1.29, 1.82) is 0 Å². The second-order valence-electron chi connectivity index (χ2n) is 5.89. The molecule has 0 aliphatic heterocycles. The van der Waals surface area contributed by atoms with Crippen LogP contribution in [-0.2, 0) is 11.2 Å². The molecule has 0 aliphatic rings. The number of rotatable bonds is 10. The van der Waals surface area contributed by atoms with Crippen LogP contribution < -0.4 is 4.74 Å². The monoisotopic (exact) mass is 332 g/mol. The van der Waals surface area contributed by atoms with Crippen LogP contribution in [0, 0.1) is 5.82 Å². The van der Waals surface area contributed by atoms with Crippen molar-refractivity contribution in [3.05, 3.63) is 36.0 Å². The molecule has 0 spiro atoms. The Hall–Kier alpha value is -2.17. The van der Waals surface area contributed by atoms with Gasteiger partial charge in [-0.25, -0.2) is 9.37 Å². The van der Waals surface area contributed by atoms with Crippen molar-refractivity contribution in [2.45, 2.75) is 51.9 Å². The quantitative estimate of drug-likeness (QED) is 0.642. The van der Waals surface area contributed by atoms with E-state index in [2.05, 4.69) is 9.97 Å². The summed E-state index contributed by atoms with van der Waals surface area (Å²) in [6.07, 6.45) is 8.14. The van der Waals surface area contributed by atoms with Gasteiger partial charge in [0.1, 0.15) is 23.2 Å². The molecule has 2 aromatic rings. The number of benzene rings is 1. The van der Waals surface area contributed by atoms with Gasteiger partial charge in [-0.15, -0.1) is 0 Å². The number of carbonyl (C=O) groups is 1. The zero-order chi connectivity index (χ0) is 17.4. The average Bonchev–Trinajstić information content (AvgIpc) is 3.06. The van der Waals surface area contributed by atoms with Crippen LogP contribution in [0.4, 0.5) is 4.39 Å². The molecule has 0 saturated heterocycles. The molecule has 0 saturated carbocycles. The number of H-pyrrole nitrogens is 1. The lowest BCUT2D eigenvalue weighted by Crippen LogP contribution is -1.95. The number of nitrogens with zero attached hydrogens (tertiary/aromatic N) is 1. The maximum Gasteiger partial charge on any atom is 0.132 e. The van der Waals surface area contributed by atoms with Crippen LogP contribution in [0.1, 0.15) is 51.3 Å². The first-order valence-electron chi connectivity index (χ1n) is 8.53. The fraction of sp³-hybridized carbons (Fsp3) is 0.474. The molecule has 0 aliphatic carbocycles. The van der Waals surface area contributed by atoms with Gasteiger partial charge >= 0.3 is 0 Å². The minimum absolute atomic E-state index is 0.322. The highest BCUT2D eigenvalue weighted by molar-refractivity contribution is 5.77. The lowest BCUT2D eigenvalue weighted by molar-refractivity contribution is -0.118. The van der Waals surface area contributed by atoms with Crippen molar-refractivity contribution in [3.8, 4) is 17.0 Å². The Balaban J connectivity index is 1.82. The van der Waals surface area contributed by atoms with Crippen molar-refractivity contribution in [3.63, 3.8) is 0 Å². The molecule has 0 unspecified atom stereocenters. The SMILES string of the molecule is CCC(=O)CCCCCCc1ncc(-c2ccc(F)cc2OC)[nH]1. The van der Waals surface area contributed by atoms with Crippen LogP contribution in [0.2, 0.25) is 0 Å². The second-order valence-corrected chi connectivity index (χ2v) is 5.89. The molecule has 24 heavy (non-hydrogen) atoms. The highest BCUT2D eigenvalue weighted by Crippen LogP contribution is 2.29. The highest BCUT2D eigenvalue weighted by Gasteiger charge is 2.10. The number of hydrogen-bond donors (Lipinski definition) is 1. The fourth-order valence-electron chi connectivity index (χ4n) is 2.66. The van der Waals surface area contributed by atoms with Crippen LogP contribution >= 0.6 is 0 Å². The van der Waals surface area contributed by atoms with Crippen molar-refractivity contribution in [2.24, 2.45) is 0 Å². The van der Waals surface area contributed by atoms with Gasteiger partial charge in [-0.3, -0.25) is 4.79 Å². The number of ether oxygens (including phenoxy) is 1. The van der Waals surface area contributed by atoms with E-state index in [4.69, 9.17) is 4.74 Å². The molecule has 1 aromatic heterocycles. The van der Waals surface area contributed by atoms with E-state index in [1.165, 1.54) is 19.2 Å². The predicted octanol–water partition coefficient (Wildman–Crippen LogP) is 4.70. The normalized spacial score (nSPS) is 10.8. The Kier molecular flexibility index (Phi) is 6.97. The first-order valence-corrected chi connectivity index (χ1v) is 8.53.